The third-order valence-electron chi connectivity index (χ3n) is 6.73. The minimum absolute atomic E-state index is 0.0414. The van der Waals surface area contributed by atoms with Gasteiger partial charge in [0.25, 0.3) is 0 Å². The van der Waals surface area contributed by atoms with Gasteiger partial charge in [-0.15, -0.1) is 0 Å². The number of aromatic nitrogens is 2. The average molecular weight is 514 g/mol. The van der Waals surface area contributed by atoms with E-state index < -0.39 is 17.8 Å². The molecule has 0 spiro atoms. The number of Topliss-reactive ketones (excluding diaryl/α,β-unsaturated/α-hetero) is 1. The second-order valence-corrected chi connectivity index (χ2v) is 9.18. The molecule has 0 saturated heterocycles. The molecular weight excluding hydrogens is 485 g/mol. The van der Waals surface area contributed by atoms with Crippen molar-refractivity contribution in [2.75, 3.05) is 13.2 Å². The smallest absolute Gasteiger partial charge is 0.248 e. The number of ketones is 1. The van der Waals surface area contributed by atoms with E-state index >= 15 is 4.39 Å². The summed E-state index contributed by atoms with van der Waals surface area (Å²) in [5.41, 5.74) is 10.3. The van der Waals surface area contributed by atoms with E-state index in [0.717, 1.165) is 16.7 Å². The fourth-order valence-corrected chi connectivity index (χ4v) is 4.84. The van der Waals surface area contributed by atoms with Crippen molar-refractivity contribution >= 4 is 11.7 Å². The lowest BCUT2D eigenvalue weighted by molar-refractivity contribution is 0.0964. The fraction of sp³-hybridized carbons (Fsp3) is 0.207. The summed E-state index contributed by atoms with van der Waals surface area (Å²) in [4.78, 5) is 29.4. The molecule has 1 aromatic heterocycles. The molecule has 0 bridgehead atoms. The summed E-state index contributed by atoms with van der Waals surface area (Å²) in [6, 6.07) is 19.0. The Morgan fingerprint density at radius 1 is 1.16 bits per heavy atom. The van der Waals surface area contributed by atoms with Crippen LogP contribution in [-0.2, 0) is 13.1 Å². The molecule has 2 heterocycles. The van der Waals surface area contributed by atoms with Gasteiger partial charge in [-0.3, -0.25) is 14.2 Å². The first kappa shape index (κ1) is 25.5. The van der Waals surface area contributed by atoms with Crippen LogP contribution >= 0.6 is 0 Å². The molecular formula is C29H28FN5O3. The Hall–Kier alpha value is -4.18. The number of fused-ring (bicyclic) bond motifs is 1. The molecule has 5 N–H and O–H groups in total. The number of hydrogen-bond donors (Lipinski definition) is 4. The molecule has 9 heteroatoms. The number of rotatable bonds is 8. The lowest BCUT2D eigenvalue weighted by Gasteiger charge is -2.18. The number of imidazole rings is 1. The number of primary amides is 1. The third kappa shape index (κ3) is 5.12. The summed E-state index contributed by atoms with van der Waals surface area (Å²) in [7, 11) is 0. The van der Waals surface area contributed by atoms with Gasteiger partial charge in [0.05, 0.1) is 12.3 Å². The zero-order valence-electron chi connectivity index (χ0n) is 20.7. The van der Waals surface area contributed by atoms with Crippen LogP contribution in [-0.4, -0.2) is 39.5 Å². The Balaban J connectivity index is 1.40. The van der Waals surface area contributed by atoms with Crippen LogP contribution in [0.2, 0.25) is 0 Å². The van der Waals surface area contributed by atoms with Crippen LogP contribution in [0.15, 0.2) is 73.1 Å². The minimum atomic E-state index is -0.561. The van der Waals surface area contributed by atoms with Gasteiger partial charge in [-0.25, -0.2) is 9.37 Å². The van der Waals surface area contributed by atoms with Crippen molar-refractivity contribution in [3.8, 4) is 16.8 Å². The molecule has 0 saturated carbocycles. The number of amides is 1. The lowest BCUT2D eigenvalue weighted by Crippen LogP contribution is -2.21. The van der Waals surface area contributed by atoms with E-state index in [1.165, 1.54) is 6.07 Å². The van der Waals surface area contributed by atoms with Gasteiger partial charge in [0.15, 0.2) is 5.78 Å². The summed E-state index contributed by atoms with van der Waals surface area (Å²) in [6.45, 7) is 1.35. The number of carbonyl (C=O) groups is 2. The van der Waals surface area contributed by atoms with Gasteiger partial charge in [-0.2, -0.15) is 0 Å². The van der Waals surface area contributed by atoms with E-state index in [1.54, 1.807) is 41.2 Å². The average Bonchev–Trinajstić information content (AvgIpc) is 3.28. The minimum Gasteiger partial charge on any atom is -0.395 e. The number of nitrogens with two attached hydrogens (primary N) is 1. The Kier molecular flexibility index (Phi) is 7.41. The van der Waals surface area contributed by atoms with Crippen LogP contribution in [0.4, 0.5) is 4.39 Å². The van der Waals surface area contributed by atoms with Crippen molar-refractivity contribution in [3.05, 3.63) is 107 Å². The molecule has 194 valence electrons. The van der Waals surface area contributed by atoms with Gasteiger partial charge < -0.3 is 21.5 Å². The monoisotopic (exact) mass is 513 g/mol. The van der Waals surface area contributed by atoms with E-state index in [1.807, 2.05) is 30.3 Å². The van der Waals surface area contributed by atoms with Gasteiger partial charge in [0.1, 0.15) is 17.8 Å². The molecule has 1 unspecified atom stereocenters. The molecule has 1 aliphatic heterocycles. The van der Waals surface area contributed by atoms with Gasteiger partial charge in [-0.1, -0.05) is 42.5 Å². The lowest BCUT2D eigenvalue weighted by atomic mass is 9.95. The Morgan fingerprint density at radius 2 is 2.00 bits per heavy atom. The highest BCUT2D eigenvalue weighted by Crippen LogP contribution is 2.31. The largest absolute Gasteiger partial charge is 0.395 e. The van der Waals surface area contributed by atoms with Crippen LogP contribution in [0.1, 0.15) is 50.1 Å². The maximum atomic E-state index is 15.5. The number of nitrogens with zero attached hydrogens (tertiary/aromatic N) is 2. The molecule has 38 heavy (non-hydrogen) atoms. The van der Waals surface area contributed by atoms with Crippen molar-refractivity contribution in [1.29, 1.82) is 0 Å². The third-order valence-corrected chi connectivity index (χ3v) is 6.73. The van der Waals surface area contributed by atoms with Crippen molar-refractivity contribution in [1.82, 2.24) is 20.2 Å². The SMILES string of the molecule is NC(=O)c1cccc(-n2cnc3c2C(=O)CC(c2ccc(-c4ccccc4CNCCO)cc2F)NC3)c1. The number of nitrogens with one attached hydrogen (secondary N) is 2. The highest BCUT2D eigenvalue weighted by atomic mass is 19.1. The Morgan fingerprint density at radius 3 is 2.79 bits per heavy atom. The number of hydrogen-bond acceptors (Lipinski definition) is 6. The van der Waals surface area contributed by atoms with E-state index in [4.69, 9.17) is 10.8 Å². The topological polar surface area (TPSA) is 122 Å². The second-order valence-electron chi connectivity index (χ2n) is 9.18. The molecule has 1 atom stereocenters. The standard InChI is InChI=1S/C29H28FN5O3/c30-24-13-18(22-7-2-1-4-20(22)15-32-10-11-36)8-9-23(24)25-14-27(37)28-26(16-33-25)34-17-35(28)21-6-3-5-19(12-21)29(31)38/h1-9,12-13,17,25,32-33,36H,10-11,14-16H2,(H2,31,38). The van der Waals surface area contributed by atoms with Gasteiger partial charge in [-0.05, 0) is 41.0 Å². The first-order valence-electron chi connectivity index (χ1n) is 12.4. The predicted octanol–water partition coefficient (Wildman–Crippen LogP) is 3.28. The van der Waals surface area contributed by atoms with Gasteiger partial charge in [0.2, 0.25) is 5.91 Å². The summed E-state index contributed by atoms with van der Waals surface area (Å²) in [5.74, 6) is -1.14. The molecule has 0 aliphatic carbocycles. The van der Waals surface area contributed by atoms with Gasteiger partial charge in [0, 0.05) is 48.9 Å². The molecule has 8 nitrogen and oxygen atoms in total. The quantitative estimate of drug-likeness (QED) is 0.268. The van der Waals surface area contributed by atoms with Crippen LogP contribution in [0.5, 0.6) is 0 Å². The molecule has 1 aliphatic rings. The second kappa shape index (κ2) is 11.1. The van der Waals surface area contributed by atoms with E-state index in [2.05, 4.69) is 15.6 Å². The van der Waals surface area contributed by atoms with E-state index in [-0.39, 0.29) is 25.4 Å². The summed E-state index contributed by atoms with van der Waals surface area (Å²) in [5, 5.41) is 15.5. The maximum Gasteiger partial charge on any atom is 0.248 e. The Bertz CT molecular complexity index is 1500. The molecule has 3 aromatic carbocycles. The highest BCUT2D eigenvalue weighted by molar-refractivity contribution is 5.97. The zero-order chi connectivity index (χ0) is 26.6. The molecule has 1 amide bonds. The number of aliphatic hydroxyl groups is 1. The zero-order valence-corrected chi connectivity index (χ0v) is 20.7. The maximum absolute atomic E-state index is 15.5. The van der Waals surface area contributed by atoms with E-state index in [9.17, 15) is 9.59 Å². The number of aliphatic hydroxyl groups excluding tert-OH is 1. The summed E-state index contributed by atoms with van der Waals surface area (Å²) >= 11 is 0. The molecule has 0 fully saturated rings. The van der Waals surface area contributed by atoms with Crippen molar-refractivity contribution in [3.63, 3.8) is 0 Å². The Labute approximate surface area is 219 Å². The molecule has 4 aromatic rings. The first-order valence-corrected chi connectivity index (χ1v) is 12.4. The number of carbonyl (C=O) groups excluding carboxylic acids is 2. The normalized spacial score (nSPS) is 15.2. The van der Waals surface area contributed by atoms with Crippen molar-refractivity contribution in [2.24, 2.45) is 5.73 Å². The summed E-state index contributed by atoms with van der Waals surface area (Å²) < 4.78 is 17.1. The van der Waals surface area contributed by atoms with E-state index in [0.29, 0.717) is 41.3 Å². The number of halogens is 1. The van der Waals surface area contributed by atoms with Crippen LogP contribution in [0.3, 0.4) is 0 Å². The van der Waals surface area contributed by atoms with Gasteiger partial charge >= 0.3 is 0 Å². The number of benzene rings is 3. The van der Waals surface area contributed by atoms with Crippen LogP contribution in [0, 0.1) is 5.82 Å². The van der Waals surface area contributed by atoms with Crippen LogP contribution < -0.4 is 16.4 Å². The molecule has 5 rings (SSSR count). The van der Waals surface area contributed by atoms with Crippen molar-refractivity contribution in [2.45, 2.75) is 25.6 Å². The van der Waals surface area contributed by atoms with Crippen LogP contribution in [0.25, 0.3) is 16.8 Å². The van der Waals surface area contributed by atoms with Crippen molar-refractivity contribution < 1.29 is 19.1 Å². The molecule has 0 radical (unpaired) electrons. The summed E-state index contributed by atoms with van der Waals surface area (Å²) in [6.07, 6.45) is 1.60. The highest BCUT2D eigenvalue weighted by Gasteiger charge is 2.29. The fourth-order valence-electron chi connectivity index (χ4n) is 4.84. The predicted molar refractivity (Wildman–Crippen MR) is 141 cm³/mol. The first-order chi connectivity index (χ1) is 18.5.